The normalized spacial score (nSPS) is 23.9. The van der Waals surface area contributed by atoms with Crippen molar-refractivity contribution in [3.05, 3.63) is 47.5 Å². The molecule has 1 aromatic carbocycles. The number of ether oxygens (including phenoxy) is 1. The lowest BCUT2D eigenvalue weighted by Gasteiger charge is -2.59. The Morgan fingerprint density at radius 3 is 2.54 bits per heavy atom. The van der Waals surface area contributed by atoms with E-state index in [9.17, 15) is 0 Å². The molecule has 1 aliphatic rings. The number of rotatable bonds is 6. The molecule has 1 aliphatic carbocycles. The highest BCUT2D eigenvalue weighted by molar-refractivity contribution is 5.80. The number of nitrogens with zero attached hydrogens (tertiary/aromatic N) is 4. The molecule has 2 atom stereocenters. The summed E-state index contributed by atoms with van der Waals surface area (Å²) >= 11 is 0. The van der Waals surface area contributed by atoms with Crippen LogP contribution in [0.2, 0.25) is 0 Å². The predicted molar refractivity (Wildman–Crippen MR) is 111 cm³/mol. The number of aliphatic imine (C=N–C) groups is 1. The van der Waals surface area contributed by atoms with Gasteiger partial charge in [0.25, 0.3) is 0 Å². The number of guanidine groups is 1. The van der Waals surface area contributed by atoms with Gasteiger partial charge in [0, 0.05) is 25.6 Å². The van der Waals surface area contributed by atoms with Gasteiger partial charge in [-0.1, -0.05) is 44.2 Å². The first kappa shape index (κ1) is 20.3. The number of methoxy groups -OCH3 is 1. The van der Waals surface area contributed by atoms with E-state index in [0.29, 0.717) is 13.1 Å². The van der Waals surface area contributed by atoms with Crippen LogP contribution in [0.4, 0.5) is 0 Å². The third kappa shape index (κ3) is 3.90. The second-order valence-electron chi connectivity index (χ2n) is 8.28. The molecule has 0 bridgehead atoms. The van der Waals surface area contributed by atoms with Gasteiger partial charge in [0.05, 0.1) is 18.7 Å². The van der Waals surface area contributed by atoms with Crippen LogP contribution in [0.1, 0.15) is 44.4 Å². The van der Waals surface area contributed by atoms with E-state index in [1.807, 2.05) is 36.7 Å². The van der Waals surface area contributed by atoms with Crippen LogP contribution in [0.25, 0.3) is 0 Å². The van der Waals surface area contributed by atoms with Gasteiger partial charge in [0.1, 0.15) is 5.82 Å². The minimum absolute atomic E-state index is 0.00167. The van der Waals surface area contributed by atoms with E-state index in [2.05, 4.69) is 53.7 Å². The highest BCUT2D eigenvalue weighted by atomic mass is 16.5. The second kappa shape index (κ2) is 7.91. The maximum atomic E-state index is 5.76. The molecule has 1 saturated carbocycles. The summed E-state index contributed by atoms with van der Waals surface area (Å²) in [5.74, 6) is 2.55. The van der Waals surface area contributed by atoms with Crippen molar-refractivity contribution in [2.45, 2.75) is 58.8 Å². The molecule has 0 aliphatic heterocycles. The predicted octanol–water partition coefficient (Wildman–Crippen LogP) is 2.56. The summed E-state index contributed by atoms with van der Waals surface area (Å²) in [7, 11) is 3.76. The van der Waals surface area contributed by atoms with Crippen molar-refractivity contribution in [1.82, 2.24) is 25.4 Å². The molecule has 2 aromatic rings. The van der Waals surface area contributed by atoms with E-state index in [0.717, 1.165) is 24.0 Å². The maximum Gasteiger partial charge on any atom is 0.192 e. The number of hydrogen-bond donors (Lipinski definition) is 2. The maximum absolute atomic E-state index is 5.76. The first-order valence-electron chi connectivity index (χ1n) is 9.75. The molecular weight excluding hydrogens is 352 g/mol. The van der Waals surface area contributed by atoms with Crippen molar-refractivity contribution in [2.24, 2.45) is 17.5 Å². The zero-order valence-corrected chi connectivity index (χ0v) is 17.8. The summed E-state index contributed by atoms with van der Waals surface area (Å²) in [6.07, 6.45) is 0.936. The molecule has 1 heterocycles. The molecule has 0 saturated heterocycles. The van der Waals surface area contributed by atoms with Gasteiger partial charge < -0.3 is 19.9 Å². The molecule has 2 unspecified atom stereocenters. The van der Waals surface area contributed by atoms with Crippen molar-refractivity contribution in [3.63, 3.8) is 0 Å². The molecule has 152 valence electrons. The zero-order chi connectivity index (χ0) is 20.4. The van der Waals surface area contributed by atoms with Crippen molar-refractivity contribution < 1.29 is 4.74 Å². The average molecular weight is 385 g/mol. The summed E-state index contributed by atoms with van der Waals surface area (Å²) in [6.45, 7) is 9.76. The molecule has 28 heavy (non-hydrogen) atoms. The van der Waals surface area contributed by atoms with E-state index in [1.165, 1.54) is 5.56 Å². The standard InChI is InChI=1S/C21H32N6O/c1-15-25-26-18(27(15)5)14-23-19(22-13-16-10-8-7-9-11-16)24-17-12-21(4,28-6)20(17,2)3/h7-11,17H,12-14H2,1-6H3,(H2,22,23,24). The van der Waals surface area contributed by atoms with Gasteiger partial charge in [0.15, 0.2) is 11.8 Å². The topological polar surface area (TPSA) is 76.4 Å². The van der Waals surface area contributed by atoms with Gasteiger partial charge in [0.2, 0.25) is 0 Å². The van der Waals surface area contributed by atoms with Crippen LogP contribution < -0.4 is 10.6 Å². The molecule has 7 heteroatoms. The molecule has 1 fully saturated rings. The lowest BCUT2D eigenvalue weighted by atomic mass is 9.56. The fraction of sp³-hybridized carbons (Fsp3) is 0.571. The SMILES string of the molecule is COC1(C)CC(NC(=NCc2ccccc2)NCc2nnc(C)n2C)C1(C)C. The highest BCUT2D eigenvalue weighted by Crippen LogP contribution is 2.51. The van der Waals surface area contributed by atoms with Crippen molar-refractivity contribution in [2.75, 3.05) is 7.11 Å². The minimum atomic E-state index is -0.129. The van der Waals surface area contributed by atoms with Crippen LogP contribution in [-0.4, -0.2) is 39.5 Å². The third-order valence-electron chi connectivity index (χ3n) is 6.45. The Kier molecular flexibility index (Phi) is 5.74. The van der Waals surface area contributed by atoms with Crippen LogP contribution >= 0.6 is 0 Å². The van der Waals surface area contributed by atoms with Gasteiger partial charge in [-0.25, -0.2) is 4.99 Å². The van der Waals surface area contributed by atoms with Crippen LogP contribution in [0.3, 0.4) is 0 Å². The monoisotopic (exact) mass is 384 g/mol. The Morgan fingerprint density at radius 2 is 1.96 bits per heavy atom. The highest BCUT2D eigenvalue weighted by Gasteiger charge is 2.58. The number of benzene rings is 1. The Morgan fingerprint density at radius 1 is 1.25 bits per heavy atom. The molecule has 7 nitrogen and oxygen atoms in total. The van der Waals surface area contributed by atoms with E-state index in [1.54, 1.807) is 7.11 Å². The van der Waals surface area contributed by atoms with Crippen LogP contribution in [0.15, 0.2) is 35.3 Å². The zero-order valence-electron chi connectivity index (χ0n) is 17.8. The van der Waals surface area contributed by atoms with Crippen molar-refractivity contribution in [3.8, 4) is 0 Å². The smallest absolute Gasteiger partial charge is 0.192 e. The number of hydrogen-bond acceptors (Lipinski definition) is 4. The summed E-state index contributed by atoms with van der Waals surface area (Å²) in [6, 6.07) is 10.5. The van der Waals surface area contributed by atoms with Gasteiger partial charge >= 0.3 is 0 Å². The quantitative estimate of drug-likeness (QED) is 0.591. The number of nitrogens with one attached hydrogen (secondary N) is 2. The van der Waals surface area contributed by atoms with Crippen LogP contribution in [0, 0.1) is 12.3 Å². The second-order valence-corrected chi connectivity index (χ2v) is 8.28. The lowest BCUT2D eigenvalue weighted by molar-refractivity contribution is -0.176. The number of aryl methyl sites for hydroxylation is 1. The van der Waals surface area contributed by atoms with E-state index in [4.69, 9.17) is 9.73 Å². The average Bonchev–Trinajstić information content (AvgIpc) is 3.01. The van der Waals surface area contributed by atoms with E-state index in [-0.39, 0.29) is 17.1 Å². The molecule has 0 amide bonds. The summed E-state index contributed by atoms with van der Waals surface area (Å²) < 4.78 is 7.74. The van der Waals surface area contributed by atoms with E-state index < -0.39 is 0 Å². The van der Waals surface area contributed by atoms with E-state index >= 15 is 0 Å². The first-order chi connectivity index (χ1) is 13.3. The lowest BCUT2D eigenvalue weighted by Crippen LogP contribution is -2.69. The Balaban J connectivity index is 1.72. The Bertz CT molecular complexity index is 829. The summed E-state index contributed by atoms with van der Waals surface area (Å²) in [5, 5.41) is 15.4. The fourth-order valence-electron chi connectivity index (χ4n) is 3.56. The summed E-state index contributed by atoms with van der Waals surface area (Å²) in [4.78, 5) is 4.80. The van der Waals surface area contributed by atoms with Gasteiger partial charge in [-0.3, -0.25) is 0 Å². The molecule has 0 spiro atoms. The molecule has 0 radical (unpaired) electrons. The van der Waals surface area contributed by atoms with Crippen LogP contribution in [0.5, 0.6) is 0 Å². The Hall–Kier alpha value is -2.41. The van der Waals surface area contributed by atoms with Crippen molar-refractivity contribution >= 4 is 5.96 Å². The van der Waals surface area contributed by atoms with Crippen LogP contribution in [-0.2, 0) is 24.9 Å². The van der Waals surface area contributed by atoms with Crippen molar-refractivity contribution in [1.29, 1.82) is 0 Å². The summed E-state index contributed by atoms with van der Waals surface area (Å²) in [5.41, 5.74) is 1.04. The minimum Gasteiger partial charge on any atom is -0.378 e. The van der Waals surface area contributed by atoms with Gasteiger partial charge in [-0.05, 0) is 25.8 Å². The Labute approximate surface area is 167 Å². The third-order valence-corrected chi connectivity index (χ3v) is 6.45. The molecule has 3 rings (SSSR count). The molecule has 1 aromatic heterocycles. The largest absolute Gasteiger partial charge is 0.378 e. The molecular formula is C21H32N6O. The fourth-order valence-corrected chi connectivity index (χ4v) is 3.56. The van der Waals surface area contributed by atoms with Gasteiger partial charge in [-0.15, -0.1) is 10.2 Å². The first-order valence-corrected chi connectivity index (χ1v) is 9.75. The molecule has 2 N–H and O–H groups in total. The number of aromatic nitrogens is 3. The van der Waals surface area contributed by atoms with Gasteiger partial charge in [-0.2, -0.15) is 0 Å².